The number of carbonyl (C=O) groups is 6. The highest BCUT2D eigenvalue weighted by Gasteiger charge is 2.49. The average Bonchev–Trinajstić information content (AvgIpc) is 3.23. The van der Waals surface area contributed by atoms with Crippen molar-refractivity contribution in [3.8, 4) is 0 Å². The van der Waals surface area contributed by atoms with Crippen LogP contribution in [-0.4, -0.2) is 192 Å². The van der Waals surface area contributed by atoms with Gasteiger partial charge in [0.1, 0.15) is 56.1 Å². The van der Waals surface area contributed by atoms with E-state index in [-0.39, 0.29) is 36.4 Å². The number of aliphatic hydroxyl groups excluding tert-OH is 6. The van der Waals surface area contributed by atoms with E-state index in [1.54, 1.807) is 0 Å². The molecule has 0 saturated carbocycles. The maximum atomic E-state index is 12.8. The largest absolute Gasteiger partial charge is 0.460 e. The van der Waals surface area contributed by atoms with Gasteiger partial charge in [-0.15, -0.1) is 0 Å². The number of allylic oxidation sites excluding steroid dienone is 1. The second-order valence-corrected chi connectivity index (χ2v) is 17.4. The molecule has 66 heavy (non-hydrogen) atoms. The van der Waals surface area contributed by atoms with Gasteiger partial charge in [0, 0.05) is 26.7 Å². The number of aliphatic hydroxyl groups is 6. The lowest BCUT2D eigenvalue weighted by Crippen LogP contribution is -2.67. The molecule has 380 valence electrons. The number of nitrogens with zero attached hydrogens (tertiary/aromatic N) is 1. The highest BCUT2D eigenvalue weighted by molar-refractivity contribution is 5.94. The molecule has 0 bridgehead atoms. The van der Waals surface area contributed by atoms with Crippen molar-refractivity contribution < 1.29 is 97.0 Å². The topological polar surface area (TPSA) is 312 Å². The Morgan fingerprint density at radius 3 is 2.17 bits per heavy atom. The van der Waals surface area contributed by atoms with Crippen LogP contribution in [-0.2, 0) is 61.9 Å². The summed E-state index contributed by atoms with van der Waals surface area (Å²) in [6, 6.07) is -2.53. The Morgan fingerprint density at radius 2 is 1.50 bits per heavy atom. The fraction of sp³-hybridized carbons (Fsp3) is 0.818. The number of esters is 4. The van der Waals surface area contributed by atoms with Crippen LogP contribution in [0.15, 0.2) is 12.2 Å². The first kappa shape index (κ1) is 58.3. The molecule has 2 saturated heterocycles. The van der Waals surface area contributed by atoms with E-state index in [9.17, 15) is 59.4 Å². The molecular weight excluding hydrogens is 874 g/mol. The zero-order valence-electron chi connectivity index (χ0n) is 39.1. The minimum atomic E-state index is -1.86. The van der Waals surface area contributed by atoms with Crippen molar-refractivity contribution in [2.45, 2.75) is 178 Å². The van der Waals surface area contributed by atoms with Crippen LogP contribution in [0, 0.1) is 0 Å². The predicted octanol–water partition coefficient (Wildman–Crippen LogP) is -0.497. The average molecular weight is 951 g/mol. The smallest absolute Gasteiger partial charge is 0.362 e. The van der Waals surface area contributed by atoms with Crippen molar-refractivity contribution in [1.82, 2.24) is 10.6 Å². The Morgan fingerprint density at radius 1 is 0.818 bits per heavy atom. The van der Waals surface area contributed by atoms with E-state index >= 15 is 0 Å². The molecule has 0 radical (unpaired) electrons. The minimum absolute atomic E-state index is 0.0764. The Bertz CT molecular complexity index is 1520. The van der Waals surface area contributed by atoms with Crippen molar-refractivity contribution in [3.05, 3.63) is 12.2 Å². The van der Waals surface area contributed by atoms with Gasteiger partial charge in [0.15, 0.2) is 19.1 Å². The fourth-order valence-corrected chi connectivity index (χ4v) is 7.34. The number of hydrogen-bond donors (Lipinski definition) is 8. The van der Waals surface area contributed by atoms with Gasteiger partial charge < -0.3 is 78.9 Å². The number of carbonyl (C=O) groups excluding carboxylic acids is 6. The molecule has 0 spiro atoms. The van der Waals surface area contributed by atoms with Crippen LogP contribution in [0.2, 0.25) is 0 Å². The second-order valence-electron chi connectivity index (χ2n) is 17.4. The van der Waals surface area contributed by atoms with Gasteiger partial charge >= 0.3 is 23.9 Å². The SMILES string of the molecule is CCCCCC(OC(=O)C[N+](C)(C)CCOC(C)=O)C(O)C/C=C\CCCCCCCC(=O)OCOC(=O)CC(=O)NC1[C@@H](O)OC(CO)[C@H](O[C@H]2OC(CO)[C@H](O)CC2NC(C)=O)[C@H]1O. The van der Waals surface area contributed by atoms with Crippen LogP contribution < -0.4 is 10.6 Å². The molecule has 22 nitrogen and oxygen atoms in total. The molecular formula is C44H76N3O19+. The van der Waals surface area contributed by atoms with Crippen LogP contribution in [0.4, 0.5) is 0 Å². The molecule has 2 rings (SSSR count). The van der Waals surface area contributed by atoms with Crippen LogP contribution in [0.5, 0.6) is 0 Å². The zero-order chi connectivity index (χ0) is 49.2. The quantitative estimate of drug-likeness (QED) is 0.00826. The minimum Gasteiger partial charge on any atom is -0.460 e. The molecule has 2 fully saturated rings. The fourth-order valence-electron chi connectivity index (χ4n) is 7.34. The number of ether oxygens (including phenoxy) is 7. The van der Waals surface area contributed by atoms with Gasteiger partial charge in [0.05, 0.1) is 45.6 Å². The summed E-state index contributed by atoms with van der Waals surface area (Å²) in [5, 5.41) is 67.0. The van der Waals surface area contributed by atoms with Crippen molar-refractivity contribution in [3.63, 3.8) is 0 Å². The molecule has 2 amide bonds. The van der Waals surface area contributed by atoms with Crippen molar-refractivity contribution in [2.24, 2.45) is 0 Å². The van der Waals surface area contributed by atoms with Crippen LogP contribution in [0.25, 0.3) is 0 Å². The first-order chi connectivity index (χ1) is 31.3. The highest BCUT2D eigenvalue weighted by Crippen LogP contribution is 2.29. The van der Waals surface area contributed by atoms with E-state index in [4.69, 9.17) is 33.2 Å². The Hall–Kier alpha value is -3.84. The van der Waals surface area contributed by atoms with Crippen LogP contribution >= 0.6 is 0 Å². The molecule has 8 N–H and O–H groups in total. The molecule has 6 unspecified atom stereocenters. The van der Waals surface area contributed by atoms with Gasteiger partial charge in [-0.3, -0.25) is 24.0 Å². The lowest BCUT2D eigenvalue weighted by molar-refractivity contribution is -0.883. The maximum Gasteiger partial charge on any atom is 0.362 e. The van der Waals surface area contributed by atoms with Gasteiger partial charge in [-0.25, -0.2) is 4.79 Å². The van der Waals surface area contributed by atoms with Crippen molar-refractivity contribution in [2.75, 3.05) is 53.8 Å². The summed E-state index contributed by atoms with van der Waals surface area (Å²) < 4.78 is 37.6. The zero-order valence-corrected chi connectivity index (χ0v) is 39.1. The van der Waals surface area contributed by atoms with Gasteiger partial charge in [0.2, 0.25) is 18.6 Å². The summed E-state index contributed by atoms with van der Waals surface area (Å²) in [5.41, 5.74) is 0. The Kier molecular flexibility index (Phi) is 27.6. The molecule has 0 aromatic heterocycles. The molecule has 2 aliphatic rings. The van der Waals surface area contributed by atoms with Crippen LogP contribution in [0.3, 0.4) is 0 Å². The summed E-state index contributed by atoms with van der Waals surface area (Å²) >= 11 is 0. The molecule has 22 heteroatoms. The maximum absolute atomic E-state index is 12.8. The van der Waals surface area contributed by atoms with E-state index in [1.165, 1.54) is 13.8 Å². The van der Waals surface area contributed by atoms with E-state index < -0.39 is 124 Å². The number of likely N-dealkylation sites (N-methyl/N-ethyl adjacent to an activating group) is 1. The number of rotatable bonds is 31. The summed E-state index contributed by atoms with van der Waals surface area (Å²) in [5.74, 6) is -3.98. The summed E-state index contributed by atoms with van der Waals surface area (Å²) in [4.78, 5) is 72.8. The predicted molar refractivity (Wildman–Crippen MR) is 231 cm³/mol. The molecule has 2 heterocycles. The molecule has 0 aromatic rings. The third kappa shape index (κ3) is 22.8. The number of unbranched alkanes of at least 4 members (excludes halogenated alkanes) is 7. The van der Waals surface area contributed by atoms with Crippen LogP contribution in [0.1, 0.15) is 111 Å². The van der Waals surface area contributed by atoms with E-state index in [1.807, 2.05) is 26.2 Å². The van der Waals surface area contributed by atoms with E-state index in [0.717, 1.165) is 51.4 Å². The normalized spacial score (nSPS) is 25.3. The van der Waals surface area contributed by atoms with E-state index in [2.05, 4.69) is 17.6 Å². The number of hydrogen-bond acceptors (Lipinski definition) is 19. The molecule has 0 aliphatic carbocycles. The van der Waals surface area contributed by atoms with E-state index in [0.29, 0.717) is 25.8 Å². The van der Waals surface area contributed by atoms with Crippen molar-refractivity contribution in [1.29, 1.82) is 0 Å². The first-order valence-corrected chi connectivity index (χ1v) is 22.9. The number of quaternary nitrogens is 1. The first-order valence-electron chi connectivity index (χ1n) is 22.9. The van der Waals surface area contributed by atoms with Gasteiger partial charge in [0.25, 0.3) is 0 Å². The summed E-state index contributed by atoms with van der Waals surface area (Å²) in [6.45, 7) is 3.24. The molecule has 11 atom stereocenters. The second kappa shape index (κ2) is 31.3. The monoisotopic (exact) mass is 951 g/mol. The highest BCUT2D eigenvalue weighted by atomic mass is 16.7. The lowest BCUT2D eigenvalue weighted by Gasteiger charge is -2.46. The number of amides is 2. The third-order valence-corrected chi connectivity index (χ3v) is 11.0. The number of nitrogens with one attached hydrogen (secondary N) is 2. The molecule has 2 aliphatic heterocycles. The Balaban J connectivity index is 1.67. The molecule has 0 aromatic carbocycles. The lowest BCUT2D eigenvalue weighted by atomic mass is 9.95. The van der Waals surface area contributed by atoms with Gasteiger partial charge in [-0.2, -0.15) is 0 Å². The Labute approximate surface area is 386 Å². The van der Waals surface area contributed by atoms with Crippen molar-refractivity contribution >= 4 is 35.7 Å². The standard InChI is InChI=1S/C44H75N3O19/c1-6-7-14-18-33(63-39(57)24-47(4,5)20-21-60-29(3)51)31(52)17-15-12-10-8-9-11-13-16-19-37(55)61-27-62-38(56)23-36(54)46-40-41(58)42(35(26-49)64-43(40)59)66-44-30(45-28(2)50)22-32(53)34(25-48)65-44/h12,15,30-35,40-44,48-49,52-53,58-59H,6-11,13-14,16-27H2,1-5H3,(H-,45,46,50,54)/p+1/b15-12-/t30?,31?,32-,33?,34?,35?,40?,41+,42+,43+,44-/m1/s1. The summed E-state index contributed by atoms with van der Waals surface area (Å²) in [7, 11) is 3.69. The van der Waals surface area contributed by atoms with Gasteiger partial charge in [-0.1, -0.05) is 51.2 Å². The summed E-state index contributed by atoms with van der Waals surface area (Å²) in [6.07, 6.45) is -0.130. The van der Waals surface area contributed by atoms with Gasteiger partial charge in [-0.05, 0) is 38.5 Å². The third-order valence-electron chi connectivity index (χ3n) is 11.0.